The third-order valence-corrected chi connectivity index (χ3v) is 6.80. The molecule has 5 rings (SSSR count). The molecule has 30 heavy (non-hydrogen) atoms. The molecule has 0 radical (unpaired) electrons. The summed E-state index contributed by atoms with van der Waals surface area (Å²) in [5.41, 5.74) is 1.71. The highest BCUT2D eigenvalue weighted by Crippen LogP contribution is 2.32. The maximum absolute atomic E-state index is 13.2. The lowest BCUT2D eigenvalue weighted by Gasteiger charge is -2.35. The molecule has 1 aliphatic rings. The molecule has 0 saturated heterocycles. The Kier molecular flexibility index (Phi) is 4.99. The second kappa shape index (κ2) is 7.80. The van der Waals surface area contributed by atoms with Crippen molar-refractivity contribution >= 4 is 32.6 Å². The van der Waals surface area contributed by atoms with Crippen LogP contribution >= 0.6 is 0 Å². The highest BCUT2D eigenvalue weighted by molar-refractivity contribution is 6.13. The fraction of sp³-hybridized carbons (Fsp3) is 0.400. The molecule has 1 saturated carbocycles. The maximum atomic E-state index is 13.2. The minimum Gasteiger partial charge on any atom is -0.301 e. The molecule has 0 aliphatic heterocycles. The molecule has 0 spiro atoms. The van der Waals surface area contributed by atoms with Gasteiger partial charge in [0, 0.05) is 27.6 Å². The van der Waals surface area contributed by atoms with Gasteiger partial charge < -0.3 is 4.90 Å². The second-order valence-corrected chi connectivity index (χ2v) is 8.32. The highest BCUT2D eigenvalue weighted by Gasteiger charge is 2.27. The van der Waals surface area contributed by atoms with Crippen molar-refractivity contribution in [3.63, 3.8) is 0 Å². The van der Waals surface area contributed by atoms with Crippen LogP contribution in [0.15, 0.2) is 53.3 Å². The van der Waals surface area contributed by atoms with E-state index in [4.69, 9.17) is 10.2 Å². The first-order chi connectivity index (χ1) is 14.7. The zero-order valence-electron chi connectivity index (χ0n) is 17.7. The number of hydrogen-bond acceptors (Lipinski definition) is 4. The van der Waals surface area contributed by atoms with Crippen LogP contribution in [0, 0.1) is 0 Å². The average Bonchev–Trinajstić information content (AvgIpc) is 3.21. The highest BCUT2D eigenvalue weighted by atomic mass is 16.1. The van der Waals surface area contributed by atoms with Crippen LogP contribution in [0.1, 0.15) is 45.6 Å². The van der Waals surface area contributed by atoms with Crippen molar-refractivity contribution in [3.8, 4) is 0 Å². The van der Waals surface area contributed by atoms with Crippen molar-refractivity contribution in [1.29, 1.82) is 0 Å². The van der Waals surface area contributed by atoms with E-state index in [9.17, 15) is 4.79 Å². The Morgan fingerprint density at radius 2 is 1.27 bits per heavy atom. The molecule has 154 valence electrons. The molecule has 5 heteroatoms. The minimum absolute atomic E-state index is 0.0484. The van der Waals surface area contributed by atoms with Gasteiger partial charge in [0.2, 0.25) is 0 Å². The predicted octanol–water partition coefficient (Wildman–Crippen LogP) is 4.92. The van der Waals surface area contributed by atoms with Crippen LogP contribution in [0.3, 0.4) is 0 Å². The molecule has 0 atom stereocenters. The number of benzene rings is 2. The molecule has 0 bridgehead atoms. The summed E-state index contributed by atoms with van der Waals surface area (Å²) < 4.78 is 0. The lowest BCUT2D eigenvalue weighted by molar-refractivity contribution is 0.143. The topological polar surface area (TPSA) is 51.0 Å². The molecular formula is C25H28N4O. The van der Waals surface area contributed by atoms with Gasteiger partial charge in [-0.05, 0) is 38.8 Å². The molecule has 1 aromatic heterocycles. The minimum atomic E-state index is 0.0484. The van der Waals surface area contributed by atoms with Crippen LogP contribution in [0.4, 0.5) is 0 Å². The van der Waals surface area contributed by atoms with E-state index in [0.29, 0.717) is 22.9 Å². The Morgan fingerprint density at radius 1 is 0.800 bits per heavy atom. The van der Waals surface area contributed by atoms with Gasteiger partial charge in [0.15, 0.2) is 5.43 Å². The Morgan fingerprint density at radius 3 is 1.73 bits per heavy atom. The lowest BCUT2D eigenvalue weighted by Crippen LogP contribution is -2.38. The van der Waals surface area contributed by atoms with E-state index < -0.39 is 0 Å². The van der Waals surface area contributed by atoms with Crippen molar-refractivity contribution < 1.29 is 0 Å². The second-order valence-electron chi connectivity index (χ2n) is 8.32. The molecule has 0 N–H and O–H groups in total. The van der Waals surface area contributed by atoms with Gasteiger partial charge in [0.25, 0.3) is 0 Å². The standard InChI is InChI=1S/C25H28N4O/c1-3-28(4-2)17-13-15-18(16-14-17)29-26-23-19-9-5-7-11-21(19)25(30)22-12-8-6-10-20(22)24(23)27-29/h5-12,17-18H,3-4,13-16H2,1-2H3. The quantitative estimate of drug-likeness (QED) is 0.488. The largest absolute Gasteiger partial charge is 0.301 e. The van der Waals surface area contributed by atoms with E-state index in [0.717, 1.165) is 47.7 Å². The third-order valence-electron chi connectivity index (χ3n) is 6.80. The van der Waals surface area contributed by atoms with Crippen LogP contribution in [0.5, 0.6) is 0 Å². The SMILES string of the molecule is CCN(CC)C1CCC(n2nc3c4ccccc4c(=O)c4ccccc4c3n2)CC1. The Hall–Kier alpha value is -2.79. The summed E-state index contributed by atoms with van der Waals surface area (Å²) in [7, 11) is 0. The van der Waals surface area contributed by atoms with Crippen molar-refractivity contribution in [2.45, 2.75) is 51.6 Å². The predicted molar refractivity (Wildman–Crippen MR) is 123 cm³/mol. The van der Waals surface area contributed by atoms with E-state index in [-0.39, 0.29) is 5.43 Å². The summed E-state index contributed by atoms with van der Waals surface area (Å²) in [6.07, 6.45) is 4.56. The van der Waals surface area contributed by atoms with Crippen LogP contribution in [0.25, 0.3) is 32.6 Å². The molecule has 0 amide bonds. The number of nitrogens with zero attached hydrogens (tertiary/aromatic N) is 4. The fourth-order valence-corrected chi connectivity index (χ4v) is 5.16. The zero-order chi connectivity index (χ0) is 20.7. The third kappa shape index (κ3) is 3.08. The van der Waals surface area contributed by atoms with Crippen molar-refractivity contribution in [3.05, 3.63) is 58.8 Å². The van der Waals surface area contributed by atoms with E-state index in [1.54, 1.807) is 0 Å². The van der Waals surface area contributed by atoms with E-state index in [1.165, 1.54) is 12.8 Å². The lowest BCUT2D eigenvalue weighted by atomic mass is 9.90. The van der Waals surface area contributed by atoms with Crippen molar-refractivity contribution in [2.75, 3.05) is 13.1 Å². The van der Waals surface area contributed by atoms with Crippen LogP contribution in [-0.4, -0.2) is 39.0 Å². The summed E-state index contributed by atoms with van der Waals surface area (Å²) in [6.45, 7) is 6.72. The number of hydrogen-bond donors (Lipinski definition) is 0. The molecule has 3 aromatic carbocycles. The number of rotatable bonds is 4. The van der Waals surface area contributed by atoms with Gasteiger partial charge in [0.05, 0.1) is 6.04 Å². The zero-order valence-corrected chi connectivity index (χ0v) is 17.7. The monoisotopic (exact) mass is 400 g/mol. The van der Waals surface area contributed by atoms with Crippen LogP contribution in [-0.2, 0) is 0 Å². The molecule has 1 heterocycles. The van der Waals surface area contributed by atoms with Gasteiger partial charge in [-0.25, -0.2) is 0 Å². The molecule has 1 fully saturated rings. The number of fused-ring (bicyclic) bond motifs is 5. The van der Waals surface area contributed by atoms with Crippen molar-refractivity contribution in [2.24, 2.45) is 0 Å². The van der Waals surface area contributed by atoms with Gasteiger partial charge in [-0.3, -0.25) is 4.79 Å². The molecule has 1 aliphatic carbocycles. The normalized spacial score (nSPS) is 19.8. The summed E-state index contributed by atoms with van der Waals surface area (Å²) in [4.78, 5) is 17.7. The average molecular weight is 401 g/mol. The first-order valence-electron chi connectivity index (χ1n) is 11.2. The first kappa shape index (κ1) is 19.2. The van der Waals surface area contributed by atoms with Crippen molar-refractivity contribution in [1.82, 2.24) is 19.9 Å². The van der Waals surface area contributed by atoms with Gasteiger partial charge in [-0.2, -0.15) is 15.0 Å². The van der Waals surface area contributed by atoms with E-state index in [2.05, 4.69) is 18.7 Å². The molecule has 0 unspecified atom stereocenters. The first-order valence-corrected chi connectivity index (χ1v) is 11.2. The van der Waals surface area contributed by atoms with Crippen LogP contribution < -0.4 is 5.43 Å². The van der Waals surface area contributed by atoms with Gasteiger partial charge >= 0.3 is 0 Å². The maximum Gasteiger partial charge on any atom is 0.194 e. The van der Waals surface area contributed by atoms with Gasteiger partial charge in [-0.1, -0.05) is 62.4 Å². The smallest absolute Gasteiger partial charge is 0.194 e. The van der Waals surface area contributed by atoms with Gasteiger partial charge in [0.1, 0.15) is 11.0 Å². The fourth-order valence-electron chi connectivity index (χ4n) is 5.16. The summed E-state index contributed by atoms with van der Waals surface area (Å²) in [6, 6.07) is 16.6. The van der Waals surface area contributed by atoms with E-state index >= 15 is 0 Å². The Balaban J connectivity index is 1.64. The van der Waals surface area contributed by atoms with E-state index in [1.807, 2.05) is 53.3 Å². The summed E-state index contributed by atoms with van der Waals surface area (Å²) in [5.74, 6) is 0. The molecule has 4 aromatic rings. The summed E-state index contributed by atoms with van der Waals surface area (Å²) in [5, 5.41) is 13.1. The molecule has 5 nitrogen and oxygen atoms in total. The van der Waals surface area contributed by atoms with Gasteiger partial charge in [-0.15, -0.1) is 0 Å². The molecular weight excluding hydrogens is 372 g/mol. The summed E-state index contributed by atoms with van der Waals surface area (Å²) >= 11 is 0. The van der Waals surface area contributed by atoms with Crippen LogP contribution in [0.2, 0.25) is 0 Å². The Labute approximate surface area is 176 Å². The Bertz CT molecular complexity index is 1190. The number of aromatic nitrogens is 3.